The van der Waals surface area contributed by atoms with Crippen LogP contribution in [-0.2, 0) is 20.4 Å². The molecule has 1 aliphatic rings. The number of halogens is 3. The molecule has 0 aromatic heterocycles. The van der Waals surface area contributed by atoms with E-state index in [4.69, 9.17) is 21.7 Å². The minimum atomic E-state index is -4.49. The second kappa shape index (κ2) is 10.9. The second-order valence-corrected chi connectivity index (χ2v) is 8.11. The van der Waals surface area contributed by atoms with Crippen LogP contribution in [0.1, 0.15) is 34.5 Å². The zero-order valence-electron chi connectivity index (χ0n) is 19.2. The summed E-state index contributed by atoms with van der Waals surface area (Å²) in [5, 5.41) is 6.19. The van der Waals surface area contributed by atoms with E-state index in [1.165, 1.54) is 7.11 Å². The van der Waals surface area contributed by atoms with Gasteiger partial charge in [-0.3, -0.25) is 4.79 Å². The summed E-state index contributed by atoms with van der Waals surface area (Å²) in [6.07, 6.45) is -4.49. The first-order valence-corrected chi connectivity index (χ1v) is 10.9. The molecule has 1 unspecified atom stereocenters. The Kier molecular flexibility index (Phi) is 8.13. The van der Waals surface area contributed by atoms with E-state index in [0.717, 1.165) is 24.3 Å². The van der Waals surface area contributed by atoms with Gasteiger partial charge < -0.3 is 25.0 Å². The number of alkyl halides is 3. The van der Waals surface area contributed by atoms with Gasteiger partial charge in [-0.2, -0.15) is 13.2 Å². The van der Waals surface area contributed by atoms with Gasteiger partial charge >= 0.3 is 12.1 Å². The maximum absolute atomic E-state index is 12.9. The van der Waals surface area contributed by atoms with E-state index in [1.54, 1.807) is 43.1 Å². The summed E-state index contributed by atoms with van der Waals surface area (Å²) in [6, 6.07) is 10.0. The lowest BCUT2D eigenvalue weighted by molar-refractivity contribution is -0.141. The molecule has 35 heavy (non-hydrogen) atoms. The third-order valence-electron chi connectivity index (χ3n) is 5.45. The Morgan fingerprint density at radius 1 is 1.14 bits per heavy atom. The molecule has 0 spiro atoms. The van der Waals surface area contributed by atoms with Crippen LogP contribution in [0, 0.1) is 0 Å². The molecule has 1 heterocycles. The molecular weight excluding hydrogens is 483 g/mol. The zero-order chi connectivity index (χ0) is 25.8. The molecule has 11 heteroatoms. The van der Waals surface area contributed by atoms with Crippen LogP contribution >= 0.6 is 12.2 Å². The SMILES string of the molecule is COCCOC(=O)C1=C(C)N(C)C(=S)NC1c1cccc(NC(=O)c2ccc(C(F)(F)F)cc2)c1. The van der Waals surface area contributed by atoms with Crippen molar-refractivity contribution in [2.45, 2.75) is 19.1 Å². The maximum atomic E-state index is 12.9. The smallest absolute Gasteiger partial charge is 0.416 e. The van der Waals surface area contributed by atoms with Crippen LogP contribution in [0.5, 0.6) is 0 Å². The van der Waals surface area contributed by atoms with Gasteiger partial charge in [-0.1, -0.05) is 12.1 Å². The number of amides is 1. The number of benzene rings is 2. The van der Waals surface area contributed by atoms with E-state index >= 15 is 0 Å². The lowest BCUT2D eigenvalue weighted by Gasteiger charge is -2.35. The van der Waals surface area contributed by atoms with E-state index in [2.05, 4.69) is 10.6 Å². The Morgan fingerprint density at radius 2 is 1.83 bits per heavy atom. The molecule has 1 atom stereocenters. The number of esters is 1. The molecule has 3 rings (SSSR count). The van der Waals surface area contributed by atoms with Gasteiger partial charge in [0.15, 0.2) is 5.11 Å². The van der Waals surface area contributed by atoms with E-state index < -0.39 is 29.7 Å². The van der Waals surface area contributed by atoms with Gasteiger partial charge in [0.05, 0.1) is 23.8 Å². The number of methoxy groups -OCH3 is 1. The highest BCUT2D eigenvalue weighted by atomic mass is 32.1. The Morgan fingerprint density at radius 3 is 2.46 bits per heavy atom. The molecule has 0 saturated carbocycles. The topological polar surface area (TPSA) is 79.9 Å². The minimum Gasteiger partial charge on any atom is -0.460 e. The standard InChI is InChI=1S/C24H24F3N3O4S/c1-14-19(22(32)34-12-11-33-3)20(29-23(35)30(14)2)16-5-4-6-18(13-16)28-21(31)15-7-9-17(10-8-15)24(25,26)27/h4-10,13,20H,11-12H2,1-3H3,(H,28,31)(H,29,35). The average Bonchev–Trinajstić information content (AvgIpc) is 2.82. The molecule has 0 bridgehead atoms. The average molecular weight is 508 g/mol. The molecular formula is C24H24F3N3O4S. The number of anilines is 1. The van der Waals surface area contributed by atoms with Crippen molar-refractivity contribution < 1.29 is 32.2 Å². The Bertz CT molecular complexity index is 1150. The fourth-order valence-corrected chi connectivity index (χ4v) is 3.71. The van der Waals surface area contributed by atoms with Crippen molar-refractivity contribution in [3.8, 4) is 0 Å². The third kappa shape index (κ3) is 6.17. The number of thiocarbonyl (C=S) groups is 1. The zero-order valence-corrected chi connectivity index (χ0v) is 20.0. The fourth-order valence-electron chi connectivity index (χ4n) is 3.46. The van der Waals surface area contributed by atoms with Crippen molar-refractivity contribution in [3.05, 3.63) is 76.5 Å². The number of hydrogen-bond donors (Lipinski definition) is 2. The number of carbonyl (C=O) groups excluding carboxylic acids is 2. The molecule has 0 fully saturated rings. The fraction of sp³-hybridized carbons (Fsp3) is 0.292. The predicted octanol–water partition coefficient (Wildman–Crippen LogP) is 4.28. The van der Waals surface area contributed by atoms with Crippen LogP contribution in [0.4, 0.5) is 18.9 Å². The largest absolute Gasteiger partial charge is 0.460 e. The van der Waals surface area contributed by atoms with E-state index in [9.17, 15) is 22.8 Å². The summed E-state index contributed by atoms with van der Waals surface area (Å²) < 4.78 is 48.6. The monoisotopic (exact) mass is 507 g/mol. The van der Waals surface area contributed by atoms with Crippen LogP contribution in [0.25, 0.3) is 0 Å². The summed E-state index contributed by atoms with van der Waals surface area (Å²) in [7, 11) is 3.23. The number of hydrogen-bond acceptors (Lipinski definition) is 5. The maximum Gasteiger partial charge on any atom is 0.416 e. The van der Waals surface area contributed by atoms with Gasteiger partial charge in [0, 0.05) is 31.1 Å². The highest BCUT2D eigenvalue weighted by molar-refractivity contribution is 7.80. The van der Waals surface area contributed by atoms with Gasteiger partial charge in [-0.05, 0) is 61.1 Å². The number of nitrogens with one attached hydrogen (secondary N) is 2. The molecule has 7 nitrogen and oxygen atoms in total. The van der Waals surface area contributed by atoms with Gasteiger partial charge in [0.25, 0.3) is 5.91 Å². The van der Waals surface area contributed by atoms with Gasteiger partial charge in [-0.25, -0.2) is 4.79 Å². The summed E-state index contributed by atoms with van der Waals surface area (Å²) in [4.78, 5) is 27.1. The number of rotatable bonds is 7. The summed E-state index contributed by atoms with van der Waals surface area (Å²) in [5.74, 6) is -1.11. The van der Waals surface area contributed by atoms with Crippen molar-refractivity contribution in [3.63, 3.8) is 0 Å². The quantitative estimate of drug-likeness (QED) is 0.329. The Labute approximate surface area is 205 Å². The van der Waals surface area contributed by atoms with Crippen molar-refractivity contribution in [1.82, 2.24) is 10.2 Å². The first-order chi connectivity index (χ1) is 16.5. The number of allylic oxidation sites excluding steroid dienone is 1. The normalized spacial score (nSPS) is 16.1. The van der Waals surface area contributed by atoms with E-state index in [1.807, 2.05) is 0 Å². The molecule has 2 N–H and O–H groups in total. The van der Waals surface area contributed by atoms with E-state index in [-0.39, 0.29) is 18.8 Å². The second-order valence-electron chi connectivity index (χ2n) is 7.72. The predicted molar refractivity (Wildman–Crippen MR) is 128 cm³/mol. The van der Waals surface area contributed by atoms with Crippen molar-refractivity contribution in [2.24, 2.45) is 0 Å². The minimum absolute atomic E-state index is 0.0696. The van der Waals surface area contributed by atoms with Crippen molar-refractivity contribution >= 4 is 34.9 Å². The van der Waals surface area contributed by atoms with Gasteiger partial charge in [0.2, 0.25) is 0 Å². The summed E-state index contributed by atoms with van der Waals surface area (Å²) in [5.41, 5.74) is 1.21. The van der Waals surface area contributed by atoms with Crippen LogP contribution in [-0.4, -0.2) is 49.3 Å². The van der Waals surface area contributed by atoms with Gasteiger partial charge in [-0.15, -0.1) is 0 Å². The van der Waals surface area contributed by atoms with E-state index in [0.29, 0.717) is 27.6 Å². The molecule has 1 amide bonds. The number of nitrogens with zero attached hydrogens (tertiary/aromatic N) is 1. The Balaban J connectivity index is 1.85. The van der Waals surface area contributed by atoms with Crippen LogP contribution in [0.2, 0.25) is 0 Å². The molecule has 0 aliphatic carbocycles. The lowest BCUT2D eigenvalue weighted by Crippen LogP contribution is -2.46. The Hall–Kier alpha value is -3.44. The first kappa shape index (κ1) is 26.2. The van der Waals surface area contributed by atoms with Crippen LogP contribution < -0.4 is 10.6 Å². The molecule has 2 aromatic carbocycles. The summed E-state index contributed by atoms with van der Waals surface area (Å²) in [6.45, 7) is 2.08. The summed E-state index contributed by atoms with van der Waals surface area (Å²) >= 11 is 5.39. The third-order valence-corrected chi connectivity index (χ3v) is 5.84. The van der Waals surface area contributed by atoms with Crippen molar-refractivity contribution in [1.29, 1.82) is 0 Å². The highest BCUT2D eigenvalue weighted by Gasteiger charge is 2.34. The number of carbonyl (C=O) groups is 2. The lowest BCUT2D eigenvalue weighted by atomic mass is 9.94. The molecule has 0 radical (unpaired) electrons. The molecule has 1 aliphatic heterocycles. The number of ether oxygens (including phenoxy) is 2. The van der Waals surface area contributed by atoms with Crippen molar-refractivity contribution in [2.75, 3.05) is 32.7 Å². The van der Waals surface area contributed by atoms with Gasteiger partial charge in [0.1, 0.15) is 6.61 Å². The molecule has 2 aromatic rings. The van der Waals surface area contributed by atoms with Crippen LogP contribution in [0.3, 0.4) is 0 Å². The molecule has 0 saturated heterocycles. The highest BCUT2D eigenvalue weighted by Crippen LogP contribution is 2.32. The first-order valence-electron chi connectivity index (χ1n) is 10.5. The van der Waals surface area contributed by atoms with Crippen LogP contribution in [0.15, 0.2) is 59.8 Å². The molecule has 186 valence electrons.